The molecule has 7 heteroatoms. The lowest BCUT2D eigenvalue weighted by Gasteiger charge is -1.99. The second kappa shape index (κ2) is 4.75. The largest absolute Gasteiger partial charge is 0.496 e. The van der Waals surface area contributed by atoms with Crippen molar-refractivity contribution in [3.63, 3.8) is 0 Å². The number of carbonyl (C=O) groups is 1. The van der Waals surface area contributed by atoms with E-state index in [2.05, 4.69) is 20.5 Å². The number of carbonyl (C=O) groups excluding carboxylic acids is 1. The number of H-pyrrole nitrogens is 1. The fourth-order valence-electron chi connectivity index (χ4n) is 1.11. The standard InChI is InChI=1S/C9H10N4O2S/c1-15-6-2-7(16-4-6)9(14)10-3-8-11-5-12-13-8/h2,4-5H,3H2,1H3,(H,10,14)(H,11,12,13). The highest BCUT2D eigenvalue weighted by Gasteiger charge is 2.09. The molecule has 0 aromatic carbocycles. The van der Waals surface area contributed by atoms with E-state index in [-0.39, 0.29) is 5.91 Å². The molecule has 0 aliphatic carbocycles. The van der Waals surface area contributed by atoms with Gasteiger partial charge in [-0.1, -0.05) is 0 Å². The number of nitrogens with one attached hydrogen (secondary N) is 2. The smallest absolute Gasteiger partial charge is 0.261 e. The van der Waals surface area contributed by atoms with E-state index in [1.165, 1.54) is 17.7 Å². The van der Waals surface area contributed by atoms with E-state index in [0.29, 0.717) is 23.0 Å². The van der Waals surface area contributed by atoms with E-state index in [1.807, 2.05) is 0 Å². The van der Waals surface area contributed by atoms with Crippen molar-refractivity contribution in [1.82, 2.24) is 20.5 Å². The summed E-state index contributed by atoms with van der Waals surface area (Å²) < 4.78 is 5.00. The molecule has 2 aromatic heterocycles. The van der Waals surface area contributed by atoms with Crippen LogP contribution in [-0.4, -0.2) is 28.2 Å². The van der Waals surface area contributed by atoms with Gasteiger partial charge in [-0.05, 0) is 0 Å². The molecule has 0 spiro atoms. The second-order valence-electron chi connectivity index (χ2n) is 2.97. The Bertz CT molecular complexity index is 466. The van der Waals surface area contributed by atoms with Crippen molar-refractivity contribution in [3.8, 4) is 5.75 Å². The minimum absolute atomic E-state index is 0.148. The number of amides is 1. The van der Waals surface area contributed by atoms with Crippen molar-refractivity contribution < 1.29 is 9.53 Å². The second-order valence-corrected chi connectivity index (χ2v) is 3.88. The Morgan fingerprint density at radius 1 is 1.69 bits per heavy atom. The molecule has 0 atom stereocenters. The lowest BCUT2D eigenvalue weighted by atomic mass is 10.4. The summed E-state index contributed by atoms with van der Waals surface area (Å²) in [6, 6.07) is 1.69. The summed E-state index contributed by atoms with van der Waals surface area (Å²) in [6.07, 6.45) is 1.40. The monoisotopic (exact) mass is 238 g/mol. The molecule has 0 radical (unpaired) electrons. The van der Waals surface area contributed by atoms with E-state index in [4.69, 9.17) is 4.74 Å². The van der Waals surface area contributed by atoms with Crippen LogP contribution in [0.25, 0.3) is 0 Å². The highest BCUT2D eigenvalue weighted by atomic mass is 32.1. The minimum atomic E-state index is -0.148. The lowest BCUT2D eigenvalue weighted by molar-refractivity contribution is 0.0954. The number of rotatable bonds is 4. The van der Waals surface area contributed by atoms with Crippen LogP contribution in [0.2, 0.25) is 0 Å². The Morgan fingerprint density at radius 2 is 2.56 bits per heavy atom. The highest BCUT2D eigenvalue weighted by molar-refractivity contribution is 7.12. The number of hydrogen-bond acceptors (Lipinski definition) is 5. The van der Waals surface area contributed by atoms with Gasteiger partial charge >= 0.3 is 0 Å². The van der Waals surface area contributed by atoms with Crippen LogP contribution in [0.15, 0.2) is 17.8 Å². The third-order valence-electron chi connectivity index (χ3n) is 1.92. The molecule has 0 aliphatic rings. The van der Waals surface area contributed by atoms with Crippen molar-refractivity contribution in [3.05, 3.63) is 28.5 Å². The van der Waals surface area contributed by atoms with Crippen LogP contribution in [0.1, 0.15) is 15.5 Å². The van der Waals surface area contributed by atoms with Gasteiger partial charge in [-0.25, -0.2) is 4.98 Å². The predicted molar refractivity (Wildman–Crippen MR) is 58.4 cm³/mol. The molecule has 1 amide bonds. The Kier molecular flexibility index (Phi) is 3.16. The molecule has 0 bridgehead atoms. The predicted octanol–water partition coefficient (Wildman–Crippen LogP) is 0.805. The first-order valence-corrected chi connectivity index (χ1v) is 5.42. The van der Waals surface area contributed by atoms with E-state index in [0.717, 1.165) is 0 Å². The third kappa shape index (κ3) is 2.37. The summed E-state index contributed by atoms with van der Waals surface area (Å²) >= 11 is 1.34. The molecule has 16 heavy (non-hydrogen) atoms. The average Bonchev–Trinajstić information content (AvgIpc) is 2.96. The first-order chi connectivity index (χ1) is 7.79. The third-order valence-corrected chi connectivity index (χ3v) is 2.82. The average molecular weight is 238 g/mol. The number of nitrogens with zero attached hydrogens (tertiary/aromatic N) is 2. The number of hydrogen-bond donors (Lipinski definition) is 2. The molecule has 2 N–H and O–H groups in total. The van der Waals surface area contributed by atoms with E-state index in [1.54, 1.807) is 18.6 Å². The number of thiophene rings is 1. The van der Waals surface area contributed by atoms with Gasteiger partial charge in [-0.3, -0.25) is 9.89 Å². The van der Waals surface area contributed by atoms with Crippen LogP contribution in [0.3, 0.4) is 0 Å². The van der Waals surface area contributed by atoms with Crippen molar-refractivity contribution in [2.45, 2.75) is 6.54 Å². The lowest BCUT2D eigenvalue weighted by Crippen LogP contribution is -2.22. The molecular weight excluding hydrogens is 228 g/mol. The molecule has 84 valence electrons. The summed E-state index contributed by atoms with van der Waals surface area (Å²) in [7, 11) is 1.57. The van der Waals surface area contributed by atoms with Gasteiger partial charge in [0.15, 0.2) is 0 Å². The minimum Gasteiger partial charge on any atom is -0.496 e. The fraction of sp³-hybridized carbons (Fsp3) is 0.222. The van der Waals surface area contributed by atoms with Crippen molar-refractivity contribution in [2.24, 2.45) is 0 Å². The van der Waals surface area contributed by atoms with Gasteiger partial charge in [-0.2, -0.15) is 5.10 Å². The quantitative estimate of drug-likeness (QED) is 0.825. The molecular formula is C9H10N4O2S. The van der Waals surface area contributed by atoms with Gasteiger partial charge in [0.25, 0.3) is 5.91 Å². The summed E-state index contributed by atoms with van der Waals surface area (Å²) in [6.45, 7) is 0.332. The van der Waals surface area contributed by atoms with Gasteiger partial charge in [0, 0.05) is 11.4 Å². The van der Waals surface area contributed by atoms with E-state index < -0.39 is 0 Å². The van der Waals surface area contributed by atoms with Crippen LogP contribution in [0.5, 0.6) is 5.75 Å². The van der Waals surface area contributed by atoms with Gasteiger partial charge in [-0.15, -0.1) is 11.3 Å². The maximum absolute atomic E-state index is 11.7. The fourth-order valence-corrected chi connectivity index (χ4v) is 1.88. The highest BCUT2D eigenvalue weighted by Crippen LogP contribution is 2.20. The van der Waals surface area contributed by atoms with Crippen LogP contribution < -0.4 is 10.1 Å². The van der Waals surface area contributed by atoms with Gasteiger partial charge < -0.3 is 10.1 Å². The summed E-state index contributed by atoms with van der Waals surface area (Å²) in [5.74, 6) is 1.16. The topological polar surface area (TPSA) is 79.9 Å². The maximum atomic E-state index is 11.7. The summed E-state index contributed by atoms with van der Waals surface area (Å²) in [5, 5.41) is 10.9. The van der Waals surface area contributed by atoms with E-state index in [9.17, 15) is 4.79 Å². The Balaban J connectivity index is 1.93. The van der Waals surface area contributed by atoms with Crippen LogP contribution in [-0.2, 0) is 6.54 Å². The summed E-state index contributed by atoms with van der Waals surface area (Å²) in [4.78, 5) is 16.2. The molecule has 2 aromatic rings. The Hall–Kier alpha value is -1.89. The molecule has 2 rings (SSSR count). The van der Waals surface area contributed by atoms with Crippen LogP contribution in [0, 0.1) is 0 Å². The molecule has 0 aliphatic heterocycles. The maximum Gasteiger partial charge on any atom is 0.261 e. The first-order valence-electron chi connectivity index (χ1n) is 4.54. The Morgan fingerprint density at radius 3 is 3.19 bits per heavy atom. The van der Waals surface area contributed by atoms with Crippen LogP contribution in [0.4, 0.5) is 0 Å². The SMILES string of the molecule is COc1csc(C(=O)NCc2ncn[nH]2)c1. The zero-order chi connectivity index (χ0) is 11.4. The first kappa shape index (κ1) is 10.6. The molecule has 6 nitrogen and oxygen atoms in total. The number of methoxy groups -OCH3 is 1. The molecule has 0 saturated carbocycles. The molecule has 0 saturated heterocycles. The Labute approximate surface area is 95.7 Å². The normalized spacial score (nSPS) is 10.1. The number of aromatic amines is 1. The van der Waals surface area contributed by atoms with Crippen LogP contribution >= 0.6 is 11.3 Å². The molecule has 0 fully saturated rings. The van der Waals surface area contributed by atoms with Crippen molar-refractivity contribution in [2.75, 3.05) is 7.11 Å². The van der Waals surface area contributed by atoms with Gasteiger partial charge in [0.1, 0.15) is 17.9 Å². The van der Waals surface area contributed by atoms with Crippen molar-refractivity contribution >= 4 is 17.2 Å². The number of aromatic nitrogens is 3. The molecule has 2 heterocycles. The zero-order valence-corrected chi connectivity index (χ0v) is 9.37. The van der Waals surface area contributed by atoms with Crippen molar-refractivity contribution in [1.29, 1.82) is 0 Å². The summed E-state index contributed by atoms with van der Waals surface area (Å²) in [5.41, 5.74) is 0. The van der Waals surface area contributed by atoms with Gasteiger partial charge in [0.05, 0.1) is 18.5 Å². The molecule has 0 unspecified atom stereocenters. The number of ether oxygens (including phenoxy) is 1. The zero-order valence-electron chi connectivity index (χ0n) is 8.56. The van der Waals surface area contributed by atoms with E-state index >= 15 is 0 Å². The van der Waals surface area contributed by atoms with Gasteiger partial charge in [0.2, 0.25) is 0 Å².